The van der Waals surface area contributed by atoms with E-state index >= 15 is 0 Å². The predicted molar refractivity (Wildman–Crippen MR) is 66.7 cm³/mol. The first-order chi connectivity index (χ1) is 7.13. The Morgan fingerprint density at radius 1 is 1.67 bits per heavy atom. The molecule has 15 heavy (non-hydrogen) atoms. The summed E-state index contributed by atoms with van der Waals surface area (Å²) in [6.07, 6.45) is 6.63. The Labute approximate surface area is 91.2 Å². The SMILES string of the molecule is C=C(BC)/C=C\Cc1ccn(C)c(=O)c1. The average molecular weight is 201 g/mol. The summed E-state index contributed by atoms with van der Waals surface area (Å²) in [5.74, 6) is 0. The Bertz CT molecular complexity index is 431. The number of rotatable bonds is 4. The van der Waals surface area contributed by atoms with Crippen LogP contribution < -0.4 is 5.56 Å². The summed E-state index contributed by atoms with van der Waals surface area (Å²) in [6.45, 7) is 5.96. The zero-order chi connectivity index (χ0) is 11.3. The molecule has 2 nitrogen and oxygen atoms in total. The topological polar surface area (TPSA) is 22.0 Å². The van der Waals surface area contributed by atoms with Crippen molar-refractivity contribution in [2.45, 2.75) is 13.2 Å². The number of nitrogens with zero attached hydrogens (tertiary/aromatic N) is 1. The maximum absolute atomic E-state index is 11.3. The molecule has 0 saturated heterocycles. The standard InChI is InChI=1S/C12H16BNO/c1-10(13-2)5-4-6-11-7-8-14(3)12(15)9-11/h4-5,7-9,13H,1,6H2,2-3H3/b5-4-. The summed E-state index contributed by atoms with van der Waals surface area (Å²) in [4.78, 5) is 11.3. The maximum atomic E-state index is 11.3. The third-order valence-corrected chi connectivity index (χ3v) is 2.33. The smallest absolute Gasteiger partial charge is 0.250 e. The summed E-state index contributed by atoms with van der Waals surface area (Å²) in [5, 5.41) is 0. The highest BCUT2D eigenvalue weighted by Gasteiger charge is 1.93. The molecule has 78 valence electrons. The molecule has 0 atom stereocenters. The molecular weight excluding hydrogens is 185 g/mol. The second kappa shape index (κ2) is 5.39. The molecule has 0 unspecified atom stereocenters. The van der Waals surface area contributed by atoms with E-state index < -0.39 is 0 Å². The molecule has 0 fully saturated rings. The largest absolute Gasteiger partial charge is 0.319 e. The van der Waals surface area contributed by atoms with Crippen molar-refractivity contribution in [3.63, 3.8) is 0 Å². The van der Waals surface area contributed by atoms with Crippen LogP contribution in [0, 0.1) is 0 Å². The third kappa shape index (κ3) is 3.62. The summed E-state index contributed by atoms with van der Waals surface area (Å²) >= 11 is 0. The van der Waals surface area contributed by atoms with Crippen molar-refractivity contribution in [1.82, 2.24) is 4.57 Å². The molecule has 3 heteroatoms. The van der Waals surface area contributed by atoms with Gasteiger partial charge in [0, 0.05) is 19.3 Å². The second-order valence-corrected chi connectivity index (χ2v) is 3.60. The number of aromatic nitrogens is 1. The predicted octanol–water partition coefficient (Wildman–Crippen LogP) is 1.48. The minimum absolute atomic E-state index is 0.0372. The van der Waals surface area contributed by atoms with Crippen LogP contribution >= 0.6 is 0 Å². The fraction of sp³-hybridized carbons (Fsp3) is 0.250. The average Bonchev–Trinajstić information content (AvgIpc) is 2.23. The van der Waals surface area contributed by atoms with E-state index in [1.807, 2.05) is 18.2 Å². The van der Waals surface area contributed by atoms with Crippen molar-refractivity contribution in [2.75, 3.05) is 0 Å². The van der Waals surface area contributed by atoms with Gasteiger partial charge in [0.05, 0.1) is 0 Å². The minimum atomic E-state index is 0.0372. The third-order valence-electron chi connectivity index (χ3n) is 2.33. The van der Waals surface area contributed by atoms with Crippen molar-refractivity contribution in [1.29, 1.82) is 0 Å². The molecule has 1 aromatic rings. The minimum Gasteiger partial charge on any atom is -0.319 e. The maximum Gasteiger partial charge on any atom is 0.250 e. The van der Waals surface area contributed by atoms with E-state index in [1.165, 1.54) is 0 Å². The van der Waals surface area contributed by atoms with Crippen molar-refractivity contribution in [2.24, 2.45) is 7.05 Å². The monoisotopic (exact) mass is 201 g/mol. The summed E-state index contributed by atoms with van der Waals surface area (Å²) in [6, 6.07) is 3.62. The van der Waals surface area contributed by atoms with Gasteiger partial charge in [-0.05, 0) is 18.1 Å². The van der Waals surface area contributed by atoms with E-state index in [1.54, 1.807) is 23.9 Å². The van der Waals surface area contributed by atoms with Crippen LogP contribution in [0.3, 0.4) is 0 Å². The number of hydrogen-bond donors (Lipinski definition) is 0. The highest BCUT2D eigenvalue weighted by Crippen LogP contribution is 1.98. The number of pyridine rings is 1. The van der Waals surface area contributed by atoms with E-state index in [0.29, 0.717) is 0 Å². The molecule has 1 heterocycles. The molecular formula is C12H16BNO. The molecule has 1 rings (SSSR count). The fourth-order valence-corrected chi connectivity index (χ4v) is 1.20. The number of hydrogen-bond acceptors (Lipinski definition) is 1. The van der Waals surface area contributed by atoms with Crippen LogP contribution in [0.25, 0.3) is 0 Å². The molecule has 0 aromatic carbocycles. The second-order valence-electron chi connectivity index (χ2n) is 3.60. The fourth-order valence-electron chi connectivity index (χ4n) is 1.20. The first-order valence-electron chi connectivity index (χ1n) is 5.13. The first-order valence-corrected chi connectivity index (χ1v) is 5.13. The number of aryl methyl sites for hydroxylation is 1. The summed E-state index contributed by atoms with van der Waals surface area (Å²) in [7, 11) is 2.72. The van der Waals surface area contributed by atoms with Gasteiger partial charge in [0.2, 0.25) is 0 Å². The Morgan fingerprint density at radius 3 is 3.00 bits per heavy atom. The van der Waals surface area contributed by atoms with Crippen molar-refractivity contribution in [3.05, 3.63) is 58.5 Å². The lowest BCUT2D eigenvalue weighted by Crippen LogP contribution is -2.14. The molecule has 0 aliphatic carbocycles. The molecule has 0 amide bonds. The van der Waals surface area contributed by atoms with Crippen molar-refractivity contribution < 1.29 is 0 Å². The van der Waals surface area contributed by atoms with Crippen molar-refractivity contribution in [3.8, 4) is 0 Å². The molecule has 0 spiro atoms. The Morgan fingerprint density at radius 2 is 2.40 bits per heavy atom. The summed E-state index contributed by atoms with van der Waals surface area (Å²) < 4.78 is 1.57. The van der Waals surface area contributed by atoms with Gasteiger partial charge in [-0.1, -0.05) is 24.4 Å². The van der Waals surface area contributed by atoms with Crippen LogP contribution in [0.4, 0.5) is 0 Å². The van der Waals surface area contributed by atoms with E-state index in [2.05, 4.69) is 13.4 Å². The quantitative estimate of drug-likeness (QED) is 0.534. The highest BCUT2D eigenvalue weighted by molar-refractivity contribution is 6.44. The van der Waals surface area contributed by atoms with E-state index in [-0.39, 0.29) is 5.56 Å². The first kappa shape index (κ1) is 11.6. The molecule has 0 radical (unpaired) electrons. The van der Waals surface area contributed by atoms with Crippen LogP contribution in [0.15, 0.2) is 47.3 Å². The lowest BCUT2D eigenvalue weighted by atomic mass is 9.73. The molecule has 0 aliphatic heterocycles. The zero-order valence-corrected chi connectivity index (χ0v) is 9.36. The summed E-state index contributed by atoms with van der Waals surface area (Å²) in [5.41, 5.74) is 2.19. The van der Waals surface area contributed by atoms with Crippen LogP contribution in [0.2, 0.25) is 6.82 Å². The van der Waals surface area contributed by atoms with Crippen LogP contribution in [-0.2, 0) is 13.5 Å². The van der Waals surface area contributed by atoms with E-state index in [9.17, 15) is 4.79 Å². The van der Waals surface area contributed by atoms with Crippen LogP contribution in [-0.4, -0.2) is 11.8 Å². The van der Waals surface area contributed by atoms with Gasteiger partial charge in [-0.25, -0.2) is 0 Å². The van der Waals surface area contributed by atoms with Gasteiger partial charge in [0.15, 0.2) is 7.28 Å². The Hall–Kier alpha value is -1.51. The normalized spacial score (nSPS) is 10.5. The van der Waals surface area contributed by atoms with Gasteiger partial charge in [0.25, 0.3) is 5.56 Å². The number of allylic oxidation sites excluding steroid dienone is 3. The molecule has 0 aliphatic rings. The Kier molecular flexibility index (Phi) is 4.16. The molecule has 0 N–H and O–H groups in total. The van der Waals surface area contributed by atoms with Crippen LogP contribution in [0.5, 0.6) is 0 Å². The molecule has 0 bridgehead atoms. The van der Waals surface area contributed by atoms with Gasteiger partial charge >= 0.3 is 0 Å². The Balaban J connectivity index is 2.66. The van der Waals surface area contributed by atoms with Gasteiger partial charge in [-0.15, -0.1) is 6.58 Å². The van der Waals surface area contributed by atoms with E-state index in [0.717, 1.165) is 24.7 Å². The lowest BCUT2D eigenvalue weighted by Gasteiger charge is -1.99. The van der Waals surface area contributed by atoms with Crippen LogP contribution in [0.1, 0.15) is 5.56 Å². The molecule has 1 aromatic heterocycles. The van der Waals surface area contributed by atoms with Gasteiger partial charge in [-0.2, -0.15) is 0 Å². The van der Waals surface area contributed by atoms with Gasteiger partial charge < -0.3 is 4.57 Å². The lowest BCUT2D eigenvalue weighted by molar-refractivity contribution is 0.853. The van der Waals surface area contributed by atoms with Gasteiger partial charge in [-0.3, -0.25) is 4.79 Å². The highest BCUT2D eigenvalue weighted by atomic mass is 16.1. The van der Waals surface area contributed by atoms with E-state index in [4.69, 9.17) is 0 Å². The molecule has 0 saturated carbocycles. The zero-order valence-electron chi connectivity index (χ0n) is 9.36. The van der Waals surface area contributed by atoms with Gasteiger partial charge in [0.1, 0.15) is 0 Å². The van der Waals surface area contributed by atoms with Crippen molar-refractivity contribution >= 4 is 7.28 Å².